The van der Waals surface area contributed by atoms with E-state index in [2.05, 4.69) is 10.2 Å². The van der Waals surface area contributed by atoms with E-state index >= 15 is 0 Å². The lowest BCUT2D eigenvalue weighted by molar-refractivity contribution is 0.218. The Labute approximate surface area is 105 Å². The zero-order valence-electron chi connectivity index (χ0n) is 9.15. The summed E-state index contributed by atoms with van der Waals surface area (Å²) in [6, 6.07) is 1.99. The normalized spacial score (nSPS) is 29.8. The zero-order valence-corrected chi connectivity index (χ0v) is 10.8. The Hall–Kier alpha value is 0.500. The predicted octanol–water partition coefficient (Wildman–Crippen LogP) is 2.07. The van der Waals surface area contributed by atoms with E-state index in [0.717, 1.165) is 18.0 Å². The lowest BCUT2D eigenvalue weighted by Crippen LogP contribution is -2.34. The third-order valence-corrected chi connectivity index (χ3v) is 3.66. The van der Waals surface area contributed by atoms with E-state index in [1.807, 2.05) is 0 Å². The minimum Gasteiger partial charge on any atom is -0.316 e. The molecule has 4 heteroatoms. The average Bonchev–Trinajstić information content (AvgIpc) is 3.04. The standard InChI is InChI=1S/C11H20N2.2ClH/c1-2-10(1)13(11-3-4-11)8-9-5-6-12-7-9;;/h9-12H,1-8H2;2*1H/t9-;;/m1../s1. The highest BCUT2D eigenvalue weighted by Gasteiger charge is 2.39. The Morgan fingerprint density at radius 1 is 0.933 bits per heavy atom. The van der Waals surface area contributed by atoms with Crippen LogP contribution in [0.2, 0.25) is 0 Å². The van der Waals surface area contributed by atoms with Crippen molar-refractivity contribution in [2.24, 2.45) is 5.92 Å². The highest BCUT2D eigenvalue weighted by atomic mass is 35.5. The van der Waals surface area contributed by atoms with E-state index in [1.165, 1.54) is 51.7 Å². The van der Waals surface area contributed by atoms with Gasteiger partial charge in [0, 0.05) is 18.6 Å². The molecule has 0 aromatic carbocycles. The Bertz CT molecular complexity index is 175. The molecule has 0 spiro atoms. The summed E-state index contributed by atoms with van der Waals surface area (Å²) < 4.78 is 0. The zero-order chi connectivity index (χ0) is 8.67. The highest BCUT2D eigenvalue weighted by molar-refractivity contribution is 5.85. The molecule has 2 nitrogen and oxygen atoms in total. The molecule has 1 heterocycles. The summed E-state index contributed by atoms with van der Waals surface area (Å²) in [5.41, 5.74) is 0. The molecule has 15 heavy (non-hydrogen) atoms. The smallest absolute Gasteiger partial charge is 0.00994 e. The summed E-state index contributed by atoms with van der Waals surface area (Å²) in [5.74, 6) is 0.959. The average molecular weight is 253 g/mol. The molecule has 0 aromatic heterocycles. The first-order valence-corrected chi connectivity index (χ1v) is 5.90. The van der Waals surface area contributed by atoms with E-state index in [4.69, 9.17) is 0 Å². The van der Waals surface area contributed by atoms with Crippen LogP contribution in [-0.2, 0) is 0 Å². The monoisotopic (exact) mass is 252 g/mol. The van der Waals surface area contributed by atoms with Crippen LogP contribution >= 0.6 is 24.8 Å². The maximum Gasteiger partial charge on any atom is 0.00994 e. The van der Waals surface area contributed by atoms with Crippen molar-refractivity contribution >= 4 is 24.8 Å². The molecule has 3 fully saturated rings. The van der Waals surface area contributed by atoms with Crippen LogP contribution in [-0.4, -0.2) is 36.6 Å². The van der Waals surface area contributed by atoms with Crippen LogP contribution in [0.3, 0.4) is 0 Å². The van der Waals surface area contributed by atoms with Crippen molar-refractivity contribution in [3.8, 4) is 0 Å². The van der Waals surface area contributed by atoms with Crippen molar-refractivity contribution in [3.63, 3.8) is 0 Å². The summed E-state index contributed by atoms with van der Waals surface area (Å²) in [7, 11) is 0. The minimum atomic E-state index is 0. The summed E-state index contributed by atoms with van der Waals surface area (Å²) in [4.78, 5) is 2.82. The van der Waals surface area contributed by atoms with Gasteiger partial charge in [-0.05, 0) is 51.1 Å². The molecule has 1 aliphatic heterocycles. The fourth-order valence-electron chi connectivity index (χ4n) is 2.58. The fraction of sp³-hybridized carbons (Fsp3) is 1.00. The maximum atomic E-state index is 3.47. The van der Waals surface area contributed by atoms with Crippen LogP contribution in [0.5, 0.6) is 0 Å². The van der Waals surface area contributed by atoms with E-state index in [1.54, 1.807) is 0 Å². The molecule has 3 rings (SSSR count). The molecule has 90 valence electrons. The van der Waals surface area contributed by atoms with E-state index < -0.39 is 0 Å². The number of nitrogens with one attached hydrogen (secondary N) is 1. The number of halogens is 2. The van der Waals surface area contributed by atoms with Crippen molar-refractivity contribution in [2.45, 2.75) is 44.2 Å². The van der Waals surface area contributed by atoms with E-state index in [-0.39, 0.29) is 24.8 Å². The van der Waals surface area contributed by atoms with Crippen LogP contribution in [0.15, 0.2) is 0 Å². The van der Waals surface area contributed by atoms with Crippen molar-refractivity contribution < 1.29 is 0 Å². The topological polar surface area (TPSA) is 15.3 Å². The van der Waals surface area contributed by atoms with Crippen LogP contribution in [0.25, 0.3) is 0 Å². The predicted molar refractivity (Wildman–Crippen MR) is 68.2 cm³/mol. The second-order valence-electron chi connectivity index (χ2n) is 5.02. The van der Waals surface area contributed by atoms with Crippen LogP contribution in [0.1, 0.15) is 32.1 Å². The first kappa shape index (κ1) is 13.6. The number of hydrogen-bond acceptors (Lipinski definition) is 2. The summed E-state index contributed by atoms with van der Waals surface area (Å²) in [5, 5.41) is 3.47. The Morgan fingerprint density at radius 3 is 1.93 bits per heavy atom. The van der Waals surface area contributed by atoms with Gasteiger partial charge in [0.1, 0.15) is 0 Å². The van der Waals surface area contributed by atoms with Crippen molar-refractivity contribution in [1.82, 2.24) is 10.2 Å². The molecule has 0 amide bonds. The van der Waals surface area contributed by atoms with Gasteiger partial charge in [0.15, 0.2) is 0 Å². The molecular formula is C11H22Cl2N2. The van der Waals surface area contributed by atoms with Gasteiger partial charge in [-0.15, -0.1) is 24.8 Å². The fourth-order valence-corrected chi connectivity index (χ4v) is 2.58. The molecule has 0 bridgehead atoms. The molecule has 0 aromatic rings. The lowest BCUT2D eigenvalue weighted by atomic mass is 10.1. The second kappa shape index (κ2) is 5.72. The van der Waals surface area contributed by atoms with Gasteiger partial charge in [-0.1, -0.05) is 0 Å². The van der Waals surface area contributed by atoms with Crippen molar-refractivity contribution in [3.05, 3.63) is 0 Å². The quantitative estimate of drug-likeness (QED) is 0.825. The molecule has 0 radical (unpaired) electrons. The lowest BCUT2D eigenvalue weighted by Gasteiger charge is -2.24. The molecule has 1 N–H and O–H groups in total. The second-order valence-corrected chi connectivity index (χ2v) is 5.02. The molecular weight excluding hydrogens is 231 g/mol. The minimum absolute atomic E-state index is 0. The van der Waals surface area contributed by atoms with Gasteiger partial charge in [0.25, 0.3) is 0 Å². The SMILES string of the molecule is C1C[C@@H](CN(C2CC2)C2CC2)CN1.Cl.Cl. The maximum absolute atomic E-state index is 3.47. The summed E-state index contributed by atoms with van der Waals surface area (Å²) in [6.07, 6.45) is 7.34. The highest BCUT2D eigenvalue weighted by Crippen LogP contribution is 2.38. The van der Waals surface area contributed by atoms with Crippen LogP contribution < -0.4 is 5.32 Å². The first-order valence-electron chi connectivity index (χ1n) is 5.90. The van der Waals surface area contributed by atoms with Crippen molar-refractivity contribution in [1.29, 1.82) is 0 Å². The number of rotatable bonds is 4. The Morgan fingerprint density at radius 2 is 1.53 bits per heavy atom. The first-order chi connectivity index (χ1) is 6.43. The third kappa shape index (κ3) is 3.48. The largest absolute Gasteiger partial charge is 0.316 e. The van der Waals surface area contributed by atoms with E-state index in [0.29, 0.717) is 0 Å². The molecule has 2 aliphatic carbocycles. The van der Waals surface area contributed by atoms with Gasteiger partial charge < -0.3 is 5.32 Å². The van der Waals surface area contributed by atoms with Gasteiger partial charge in [-0.2, -0.15) is 0 Å². The van der Waals surface area contributed by atoms with Gasteiger partial charge in [-0.25, -0.2) is 0 Å². The van der Waals surface area contributed by atoms with Gasteiger partial charge >= 0.3 is 0 Å². The van der Waals surface area contributed by atoms with Crippen molar-refractivity contribution in [2.75, 3.05) is 19.6 Å². The Kier molecular flexibility index (Phi) is 5.17. The summed E-state index contributed by atoms with van der Waals surface area (Å²) >= 11 is 0. The molecule has 1 atom stereocenters. The third-order valence-electron chi connectivity index (χ3n) is 3.66. The van der Waals surface area contributed by atoms with Gasteiger partial charge in [0.2, 0.25) is 0 Å². The Balaban J connectivity index is 0.000000562. The van der Waals surface area contributed by atoms with Gasteiger partial charge in [-0.3, -0.25) is 4.90 Å². The van der Waals surface area contributed by atoms with E-state index in [9.17, 15) is 0 Å². The number of hydrogen-bond donors (Lipinski definition) is 1. The van der Waals surface area contributed by atoms with Gasteiger partial charge in [0.05, 0.1) is 0 Å². The molecule has 2 saturated carbocycles. The molecule has 1 saturated heterocycles. The number of nitrogens with zero attached hydrogens (tertiary/aromatic N) is 1. The molecule has 0 unspecified atom stereocenters. The molecule has 3 aliphatic rings. The van der Waals surface area contributed by atoms with Crippen LogP contribution in [0, 0.1) is 5.92 Å². The van der Waals surface area contributed by atoms with Crippen LogP contribution in [0.4, 0.5) is 0 Å². The summed E-state index contributed by atoms with van der Waals surface area (Å²) in [6.45, 7) is 3.92.